The average Bonchev–Trinajstić information content (AvgIpc) is 2.46. The van der Waals surface area contributed by atoms with Crippen LogP contribution in [-0.2, 0) is 0 Å². The number of nitrogens with one attached hydrogen (secondary N) is 1. The largest absolute Gasteiger partial charge is 0.339 e. The smallest absolute Gasteiger partial charge is 0.271 e. The molecule has 0 unspecified atom stereocenters. The van der Waals surface area contributed by atoms with Gasteiger partial charge in [-0.05, 0) is 26.0 Å². The number of hydrogen-bond acceptors (Lipinski definition) is 4. The Morgan fingerprint density at radius 2 is 2.00 bits per heavy atom. The Morgan fingerprint density at radius 1 is 1.38 bits per heavy atom. The normalized spacial score (nSPS) is 15.4. The maximum Gasteiger partial charge on any atom is 0.271 e. The van der Waals surface area contributed by atoms with Crippen LogP contribution >= 0.6 is 28.3 Å². The van der Waals surface area contributed by atoms with E-state index in [9.17, 15) is 14.9 Å². The zero-order chi connectivity index (χ0) is 14.7. The van der Waals surface area contributed by atoms with Crippen LogP contribution in [0.3, 0.4) is 0 Å². The van der Waals surface area contributed by atoms with E-state index in [1.54, 1.807) is 11.0 Å². The Hall–Kier alpha value is -1.18. The first-order chi connectivity index (χ1) is 9.51. The van der Waals surface area contributed by atoms with Gasteiger partial charge in [-0.15, -0.1) is 12.4 Å². The molecule has 0 bridgehead atoms. The number of nitro groups is 1. The third kappa shape index (κ3) is 4.39. The van der Waals surface area contributed by atoms with Crippen LogP contribution in [0.15, 0.2) is 22.7 Å². The second-order valence-electron chi connectivity index (χ2n) is 4.81. The van der Waals surface area contributed by atoms with Crippen LogP contribution in [0.1, 0.15) is 23.2 Å². The maximum atomic E-state index is 12.4. The fraction of sp³-hybridized carbons (Fsp3) is 0.462. The lowest BCUT2D eigenvalue weighted by molar-refractivity contribution is -0.385. The summed E-state index contributed by atoms with van der Waals surface area (Å²) in [6, 6.07) is 4.79. The summed E-state index contributed by atoms with van der Waals surface area (Å²) in [7, 11) is 1.92. The molecule has 8 heteroatoms. The summed E-state index contributed by atoms with van der Waals surface area (Å²) in [5.41, 5.74) is 0.279. The number of amides is 1. The second kappa shape index (κ2) is 7.72. The third-order valence-electron chi connectivity index (χ3n) is 3.53. The number of carbonyl (C=O) groups is 1. The Morgan fingerprint density at radius 3 is 2.52 bits per heavy atom. The van der Waals surface area contributed by atoms with Crippen LogP contribution in [0.2, 0.25) is 0 Å². The van der Waals surface area contributed by atoms with Gasteiger partial charge >= 0.3 is 0 Å². The molecular weight excluding hydrogens is 362 g/mol. The van der Waals surface area contributed by atoms with Gasteiger partial charge < -0.3 is 10.2 Å². The molecular formula is C13H17BrClN3O3. The lowest BCUT2D eigenvalue weighted by Crippen LogP contribution is -2.43. The molecule has 1 N–H and O–H groups in total. The molecule has 1 amide bonds. The van der Waals surface area contributed by atoms with Gasteiger partial charge in [-0.25, -0.2) is 0 Å². The molecule has 0 aliphatic carbocycles. The molecule has 21 heavy (non-hydrogen) atoms. The molecule has 1 fully saturated rings. The van der Waals surface area contributed by atoms with E-state index in [0.717, 1.165) is 12.8 Å². The van der Waals surface area contributed by atoms with E-state index in [4.69, 9.17) is 0 Å². The van der Waals surface area contributed by atoms with Crippen molar-refractivity contribution in [2.24, 2.45) is 0 Å². The van der Waals surface area contributed by atoms with Gasteiger partial charge in [0, 0.05) is 41.3 Å². The van der Waals surface area contributed by atoms with Crippen LogP contribution in [0, 0.1) is 10.1 Å². The summed E-state index contributed by atoms with van der Waals surface area (Å²) >= 11 is 3.21. The van der Waals surface area contributed by atoms with Crippen molar-refractivity contribution >= 4 is 39.9 Å². The standard InChI is InChI=1S/C13H16BrN3O3.ClH/c1-15-11-2-4-16(5-3-11)13(18)9-6-10(14)8-12(7-9)17(19)20;/h6-8,11,15H,2-5H2,1H3;1H. The van der Waals surface area contributed by atoms with E-state index < -0.39 is 4.92 Å². The van der Waals surface area contributed by atoms with Crippen molar-refractivity contribution in [1.29, 1.82) is 0 Å². The van der Waals surface area contributed by atoms with Gasteiger partial charge in [0.2, 0.25) is 0 Å². The Labute approximate surface area is 137 Å². The van der Waals surface area contributed by atoms with E-state index in [1.807, 2.05) is 7.05 Å². The van der Waals surface area contributed by atoms with Crippen molar-refractivity contribution in [3.8, 4) is 0 Å². The summed E-state index contributed by atoms with van der Waals surface area (Å²) in [6.07, 6.45) is 1.80. The summed E-state index contributed by atoms with van der Waals surface area (Å²) in [4.78, 5) is 24.5. The third-order valence-corrected chi connectivity index (χ3v) is 3.99. The molecule has 0 aromatic heterocycles. The number of benzene rings is 1. The number of rotatable bonds is 3. The SMILES string of the molecule is CNC1CCN(C(=O)c2cc(Br)cc([N+](=O)[O-])c2)CC1.Cl. The minimum Gasteiger partial charge on any atom is -0.339 e. The number of nitrogens with zero attached hydrogens (tertiary/aromatic N) is 2. The van der Waals surface area contributed by atoms with Crippen molar-refractivity contribution in [3.05, 3.63) is 38.3 Å². The zero-order valence-electron chi connectivity index (χ0n) is 11.5. The number of halogens is 2. The van der Waals surface area contributed by atoms with Crippen molar-refractivity contribution in [2.75, 3.05) is 20.1 Å². The fourth-order valence-electron chi connectivity index (χ4n) is 2.36. The number of likely N-dealkylation sites (tertiary alicyclic amines) is 1. The number of hydrogen-bond donors (Lipinski definition) is 1. The van der Waals surface area contributed by atoms with E-state index in [1.165, 1.54) is 12.1 Å². The fourth-order valence-corrected chi connectivity index (χ4v) is 2.84. The van der Waals surface area contributed by atoms with Gasteiger partial charge in [-0.2, -0.15) is 0 Å². The average molecular weight is 379 g/mol. The van der Waals surface area contributed by atoms with Gasteiger partial charge in [-0.1, -0.05) is 15.9 Å². The van der Waals surface area contributed by atoms with Crippen molar-refractivity contribution < 1.29 is 9.72 Å². The summed E-state index contributed by atoms with van der Waals surface area (Å²) in [6.45, 7) is 1.34. The van der Waals surface area contributed by atoms with Gasteiger partial charge in [0.25, 0.3) is 11.6 Å². The molecule has 1 aromatic rings. The quantitative estimate of drug-likeness (QED) is 0.648. The molecule has 1 heterocycles. The molecule has 0 atom stereocenters. The molecule has 6 nitrogen and oxygen atoms in total. The van der Waals surface area contributed by atoms with E-state index >= 15 is 0 Å². The zero-order valence-corrected chi connectivity index (χ0v) is 13.9. The lowest BCUT2D eigenvalue weighted by Gasteiger charge is -2.31. The van der Waals surface area contributed by atoms with Gasteiger partial charge in [-0.3, -0.25) is 14.9 Å². The molecule has 0 spiro atoms. The minimum absolute atomic E-state index is 0. The molecule has 1 aliphatic heterocycles. The summed E-state index contributed by atoms with van der Waals surface area (Å²) in [5, 5.41) is 14.0. The van der Waals surface area contributed by atoms with E-state index in [0.29, 0.717) is 29.2 Å². The van der Waals surface area contributed by atoms with Crippen LogP contribution in [-0.4, -0.2) is 41.9 Å². The maximum absolute atomic E-state index is 12.4. The second-order valence-corrected chi connectivity index (χ2v) is 5.73. The van der Waals surface area contributed by atoms with Gasteiger partial charge in [0.05, 0.1) is 4.92 Å². The molecule has 0 saturated carbocycles. The number of nitro benzene ring substituents is 1. The first-order valence-electron chi connectivity index (χ1n) is 6.43. The number of non-ortho nitro benzene ring substituents is 1. The number of piperidine rings is 1. The monoisotopic (exact) mass is 377 g/mol. The Kier molecular flexibility index (Phi) is 6.57. The van der Waals surface area contributed by atoms with Crippen LogP contribution < -0.4 is 5.32 Å². The highest BCUT2D eigenvalue weighted by Crippen LogP contribution is 2.23. The highest BCUT2D eigenvalue weighted by molar-refractivity contribution is 9.10. The van der Waals surface area contributed by atoms with Crippen molar-refractivity contribution in [1.82, 2.24) is 10.2 Å². The van der Waals surface area contributed by atoms with E-state index in [-0.39, 0.29) is 24.0 Å². The van der Waals surface area contributed by atoms with Crippen LogP contribution in [0.25, 0.3) is 0 Å². The minimum atomic E-state index is -0.491. The number of carbonyl (C=O) groups excluding carboxylic acids is 1. The molecule has 1 aliphatic rings. The predicted molar refractivity (Wildman–Crippen MR) is 86.0 cm³/mol. The molecule has 116 valence electrons. The Balaban J connectivity index is 0.00000220. The van der Waals surface area contributed by atoms with Crippen molar-refractivity contribution in [2.45, 2.75) is 18.9 Å². The first-order valence-corrected chi connectivity index (χ1v) is 7.22. The molecule has 1 aromatic carbocycles. The Bertz CT molecular complexity index is 533. The van der Waals surface area contributed by atoms with Crippen molar-refractivity contribution in [3.63, 3.8) is 0 Å². The molecule has 1 saturated heterocycles. The van der Waals surface area contributed by atoms with E-state index in [2.05, 4.69) is 21.2 Å². The topological polar surface area (TPSA) is 75.5 Å². The summed E-state index contributed by atoms with van der Waals surface area (Å²) in [5.74, 6) is -0.149. The van der Waals surface area contributed by atoms with Crippen LogP contribution in [0.5, 0.6) is 0 Å². The molecule has 0 radical (unpaired) electrons. The summed E-state index contributed by atoms with van der Waals surface area (Å²) < 4.78 is 0.542. The highest BCUT2D eigenvalue weighted by atomic mass is 79.9. The predicted octanol–water partition coefficient (Wildman–Crippen LogP) is 2.60. The van der Waals surface area contributed by atoms with Crippen LogP contribution in [0.4, 0.5) is 5.69 Å². The molecule has 2 rings (SSSR count). The lowest BCUT2D eigenvalue weighted by atomic mass is 10.0. The van der Waals surface area contributed by atoms with Gasteiger partial charge in [0.15, 0.2) is 0 Å². The van der Waals surface area contributed by atoms with Gasteiger partial charge in [0.1, 0.15) is 0 Å². The first kappa shape index (κ1) is 17.9. The highest BCUT2D eigenvalue weighted by Gasteiger charge is 2.24.